The van der Waals surface area contributed by atoms with Gasteiger partial charge in [0.1, 0.15) is 11.2 Å². The number of carbonyl (C=O) groups excluding carboxylic acids is 2. The van der Waals surface area contributed by atoms with E-state index in [1.165, 1.54) is 17.8 Å². The average molecular weight is 485 g/mol. The fourth-order valence-electron chi connectivity index (χ4n) is 3.30. The van der Waals surface area contributed by atoms with Crippen molar-refractivity contribution in [3.8, 4) is 0 Å². The molecular formula is C23H18BrFN2O2S. The number of nitrogens with one attached hydrogen (secondary N) is 1. The monoisotopic (exact) mass is 484 g/mol. The van der Waals surface area contributed by atoms with E-state index in [9.17, 15) is 14.0 Å². The number of halogens is 2. The molecule has 0 aliphatic carbocycles. The number of nitrogens with zero attached hydrogens (tertiary/aromatic N) is 1. The third kappa shape index (κ3) is 4.13. The Morgan fingerprint density at radius 1 is 1.13 bits per heavy atom. The number of hydrogen-bond acceptors (Lipinski definition) is 3. The van der Waals surface area contributed by atoms with E-state index < -0.39 is 0 Å². The van der Waals surface area contributed by atoms with E-state index in [4.69, 9.17) is 0 Å². The van der Waals surface area contributed by atoms with Crippen LogP contribution in [0.1, 0.15) is 26.9 Å². The summed E-state index contributed by atoms with van der Waals surface area (Å²) in [4.78, 5) is 26.8. The zero-order valence-electron chi connectivity index (χ0n) is 16.1. The fourth-order valence-corrected chi connectivity index (χ4v) is 4.93. The maximum absolute atomic E-state index is 14.1. The topological polar surface area (TPSA) is 49.4 Å². The molecule has 1 heterocycles. The molecule has 152 valence electrons. The lowest BCUT2D eigenvalue weighted by atomic mass is 10.1. The Kier molecular flexibility index (Phi) is 5.92. The first kappa shape index (κ1) is 20.6. The van der Waals surface area contributed by atoms with Crippen molar-refractivity contribution in [1.82, 2.24) is 0 Å². The van der Waals surface area contributed by atoms with Gasteiger partial charge in [-0.2, -0.15) is 0 Å². The molecule has 4 rings (SSSR count). The highest BCUT2D eigenvalue weighted by Crippen LogP contribution is 2.42. The third-order valence-corrected chi connectivity index (χ3v) is 6.75. The van der Waals surface area contributed by atoms with Gasteiger partial charge >= 0.3 is 0 Å². The van der Waals surface area contributed by atoms with Crippen LogP contribution in [-0.4, -0.2) is 17.6 Å². The minimum atomic E-state index is -0.342. The normalized spacial score (nSPS) is 16.0. The van der Waals surface area contributed by atoms with Crippen molar-refractivity contribution in [2.45, 2.75) is 12.3 Å². The Balaban J connectivity index is 1.61. The van der Waals surface area contributed by atoms with E-state index in [1.54, 1.807) is 42.2 Å². The highest BCUT2D eigenvalue weighted by Gasteiger charge is 2.34. The molecule has 2 amide bonds. The van der Waals surface area contributed by atoms with E-state index >= 15 is 0 Å². The van der Waals surface area contributed by atoms with Crippen molar-refractivity contribution in [2.24, 2.45) is 0 Å². The number of aryl methyl sites for hydroxylation is 1. The molecule has 1 unspecified atom stereocenters. The van der Waals surface area contributed by atoms with Crippen molar-refractivity contribution in [2.75, 3.05) is 16.0 Å². The Bertz CT molecular complexity index is 1140. The average Bonchev–Trinajstić information content (AvgIpc) is 3.12. The van der Waals surface area contributed by atoms with Crippen LogP contribution in [0.25, 0.3) is 0 Å². The second-order valence-electron chi connectivity index (χ2n) is 6.92. The smallest absolute Gasteiger partial charge is 0.256 e. The Morgan fingerprint density at radius 3 is 2.70 bits per heavy atom. The minimum absolute atomic E-state index is 0.0732. The lowest BCUT2D eigenvalue weighted by Crippen LogP contribution is -2.28. The lowest BCUT2D eigenvalue weighted by Gasteiger charge is -2.25. The molecule has 1 fully saturated rings. The first-order valence-electron chi connectivity index (χ1n) is 9.29. The number of amides is 2. The molecule has 1 saturated heterocycles. The van der Waals surface area contributed by atoms with Gasteiger partial charge in [0.15, 0.2) is 0 Å². The second-order valence-corrected chi connectivity index (χ2v) is 8.84. The molecule has 0 saturated carbocycles. The van der Waals surface area contributed by atoms with E-state index in [0.29, 0.717) is 32.7 Å². The van der Waals surface area contributed by atoms with Crippen molar-refractivity contribution in [3.05, 3.63) is 93.7 Å². The second kappa shape index (κ2) is 8.62. The summed E-state index contributed by atoms with van der Waals surface area (Å²) in [6.07, 6.45) is 0. The molecule has 0 radical (unpaired) electrons. The van der Waals surface area contributed by atoms with Gasteiger partial charge in [-0.25, -0.2) is 4.39 Å². The standard InChI is InChI=1S/C23H18BrFN2O2S/c1-14-9-10-17(12-20(14)25)27-21(28)13-30-23(27)15-5-4-6-16(11-15)26-22(29)18-7-2-3-8-19(18)24/h2-12,23H,13H2,1H3,(H,26,29). The van der Waals surface area contributed by atoms with Crippen LogP contribution in [0.3, 0.4) is 0 Å². The number of benzene rings is 3. The van der Waals surface area contributed by atoms with E-state index in [0.717, 1.165) is 5.56 Å². The van der Waals surface area contributed by atoms with Crippen LogP contribution in [0.15, 0.2) is 71.2 Å². The molecule has 1 aliphatic heterocycles. The summed E-state index contributed by atoms with van der Waals surface area (Å²) in [5, 5.41) is 2.61. The summed E-state index contributed by atoms with van der Waals surface area (Å²) >= 11 is 4.87. The van der Waals surface area contributed by atoms with E-state index in [-0.39, 0.29) is 23.0 Å². The first-order chi connectivity index (χ1) is 14.4. The number of hydrogen-bond donors (Lipinski definition) is 1. The van der Waals surface area contributed by atoms with Gasteiger partial charge in [0.2, 0.25) is 5.91 Å². The van der Waals surface area contributed by atoms with Crippen molar-refractivity contribution >= 4 is 50.9 Å². The van der Waals surface area contributed by atoms with Gasteiger partial charge in [0, 0.05) is 15.8 Å². The zero-order valence-corrected chi connectivity index (χ0v) is 18.5. The van der Waals surface area contributed by atoms with Gasteiger partial charge in [-0.15, -0.1) is 11.8 Å². The van der Waals surface area contributed by atoms with Crippen LogP contribution in [0, 0.1) is 12.7 Å². The summed E-state index contributed by atoms with van der Waals surface area (Å²) in [6, 6.07) is 19.4. The number of thioether (sulfide) groups is 1. The first-order valence-corrected chi connectivity index (χ1v) is 11.1. The number of anilines is 2. The summed E-state index contributed by atoms with van der Waals surface area (Å²) in [6.45, 7) is 1.69. The largest absolute Gasteiger partial charge is 0.322 e. The van der Waals surface area contributed by atoms with Crippen LogP contribution < -0.4 is 10.2 Å². The van der Waals surface area contributed by atoms with Crippen molar-refractivity contribution in [3.63, 3.8) is 0 Å². The Morgan fingerprint density at radius 2 is 1.93 bits per heavy atom. The molecule has 0 aromatic heterocycles. The van der Waals surface area contributed by atoms with Crippen LogP contribution in [-0.2, 0) is 4.79 Å². The predicted molar refractivity (Wildman–Crippen MR) is 122 cm³/mol. The summed E-state index contributed by atoms with van der Waals surface area (Å²) < 4.78 is 14.8. The van der Waals surface area contributed by atoms with Gasteiger partial charge < -0.3 is 5.32 Å². The molecule has 1 aliphatic rings. The molecule has 1 N–H and O–H groups in total. The maximum atomic E-state index is 14.1. The molecule has 3 aromatic carbocycles. The highest BCUT2D eigenvalue weighted by molar-refractivity contribution is 9.10. The molecule has 30 heavy (non-hydrogen) atoms. The van der Waals surface area contributed by atoms with Gasteiger partial charge in [-0.1, -0.05) is 30.3 Å². The molecule has 7 heteroatoms. The fraction of sp³-hybridized carbons (Fsp3) is 0.130. The zero-order chi connectivity index (χ0) is 21.3. The van der Waals surface area contributed by atoms with Gasteiger partial charge in [-0.05, 0) is 70.4 Å². The minimum Gasteiger partial charge on any atom is -0.322 e. The Labute approximate surface area is 186 Å². The van der Waals surface area contributed by atoms with Crippen LogP contribution in [0.2, 0.25) is 0 Å². The summed E-state index contributed by atoms with van der Waals surface area (Å²) in [7, 11) is 0. The highest BCUT2D eigenvalue weighted by atomic mass is 79.9. The Hall–Kier alpha value is -2.64. The van der Waals surface area contributed by atoms with E-state index in [1.807, 2.05) is 30.3 Å². The molecule has 4 nitrogen and oxygen atoms in total. The van der Waals surface area contributed by atoms with Crippen LogP contribution >= 0.6 is 27.7 Å². The van der Waals surface area contributed by atoms with Crippen LogP contribution in [0.5, 0.6) is 0 Å². The molecular weight excluding hydrogens is 467 g/mol. The lowest BCUT2D eigenvalue weighted by molar-refractivity contribution is -0.115. The molecule has 1 atom stereocenters. The van der Waals surface area contributed by atoms with Crippen LogP contribution in [0.4, 0.5) is 15.8 Å². The summed E-state index contributed by atoms with van der Waals surface area (Å²) in [5.74, 6) is -0.332. The van der Waals surface area contributed by atoms with Gasteiger partial charge in [-0.3, -0.25) is 14.5 Å². The maximum Gasteiger partial charge on any atom is 0.256 e. The molecule has 0 spiro atoms. The quantitative estimate of drug-likeness (QED) is 0.499. The third-order valence-electron chi connectivity index (χ3n) is 4.85. The van der Waals surface area contributed by atoms with Gasteiger partial charge in [0.25, 0.3) is 5.91 Å². The predicted octanol–water partition coefficient (Wildman–Crippen LogP) is 5.93. The van der Waals surface area contributed by atoms with E-state index in [2.05, 4.69) is 21.2 Å². The van der Waals surface area contributed by atoms with Crippen molar-refractivity contribution < 1.29 is 14.0 Å². The molecule has 3 aromatic rings. The number of rotatable bonds is 4. The van der Waals surface area contributed by atoms with Gasteiger partial charge in [0.05, 0.1) is 11.3 Å². The molecule has 0 bridgehead atoms. The SMILES string of the molecule is Cc1ccc(N2C(=O)CSC2c2cccc(NC(=O)c3ccccc3Br)c2)cc1F. The summed E-state index contributed by atoms with van der Waals surface area (Å²) in [5.41, 5.74) is 3.08. The van der Waals surface area contributed by atoms with Crippen molar-refractivity contribution in [1.29, 1.82) is 0 Å². The number of carbonyl (C=O) groups is 2.